The van der Waals surface area contributed by atoms with E-state index in [1.54, 1.807) is 16.7 Å². The summed E-state index contributed by atoms with van der Waals surface area (Å²) in [6.45, 7) is 14.0. The Hall–Kier alpha value is -3.53. The van der Waals surface area contributed by atoms with Gasteiger partial charge in [0.1, 0.15) is 5.82 Å². The maximum atomic E-state index is 13.7. The molecule has 3 aromatic rings. The quantitative estimate of drug-likeness (QED) is 0.367. The third-order valence-electron chi connectivity index (χ3n) is 7.80. The van der Waals surface area contributed by atoms with Crippen molar-refractivity contribution in [3.63, 3.8) is 0 Å². The van der Waals surface area contributed by atoms with Crippen molar-refractivity contribution in [1.82, 2.24) is 4.57 Å². The van der Waals surface area contributed by atoms with Crippen LogP contribution in [-0.4, -0.2) is 10.3 Å². The molecule has 198 valence electrons. The van der Waals surface area contributed by atoms with Crippen LogP contribution in [0.25, 0.3) is 12.7 Å². The van der Waals surface area contributed by atoms with Gasteiger partial charge in [0.2, 0.25) is 0 Å². The number of benzene rings is 2. The van der Waals surface area contributed by atoms with E-state index in [-0.39, 0.29) is 11.4 Å². The zero-order chi connectivity index (χ0) is 27.2. The summed E-state index contributed by atoms with van der Waals surface area (Å²) in [4.78, 5) is 18.6. The molecule has 0 spiro atoms. The van der Waals surface area contributed by atoms with Crippen LogP contribution in [-0.2, 0) is 25.9 Å². The molecule has 1 aromatic heterocycles. The largest absolute Gasteiger partial charge is 0.309 e. The lowest BCUT2D eigenvalue weighted by Crippen LogP contribution is -2.46. The van der Waals surface area contributed by atoms with Crippen LogP contribution in [0.5, 0.6) is 0 Å². The normalized spacial score (nSPS) is 14.9. The number of aliphatic imine (C=N–C) groups is 1. The second-order valence-electron chi connectivity index (χ2n) is 10.6. The van der Waals surface area contributed by atoms with Gasteiger partial charge in [-0.25, -0.2) is 4.39 Å². The highest BCUT2D eigenvalue weighted by Gasteiger charge is 2.19. The zero-order valence-corrected chi connectivity index (χ0v) is 23.1. The van der Waals surface area contributed by atoms with Crippen LogP contribution in [0.1, 0.15) is 62.8 Å². The summed E-state index contributed by atoms with van der Waals surface area (Å²) in [5.74, 6) is 0.877. The van der Waals surface area contributed by atoms with Gasteiger partial charge in [-0.2, -0.15) is 0 Å². The van der Waals surface area contributed by atoms with Gasteiger partial charge in [0, 0.05) is 17.5 Å². The molecular formula is C34H39FN2O. The van der Waals surface area contributed by atoms with Crippen molar-refractivity contribution in [3.8, 4) is 0 Å². The molecule has 0 amide bonds. The smallest absolute Gasteiger partial charge is 0.256 e. The number of fused-ring (bicyclic) bond motifs is 1. The topological polar surface area (TPSA) is 34.4 Å². The van der Waals surface area contributed by atoms with E-state index in [2.05, 4.69) is 51.6 Å². The monoisotopic (exact) mass is 510 g/mol. The molecule has 0 saturated carbocycles. The molecule has 0 N–H and O–H groups in total. The van der Waals surface area contributed by atoms with Gasteiger partial charge in [0.05, 0.1) is 12.3 Å². The van der Waals surface area contributed by atoms with Gasteiger partial charge in [0.25, 0.3) is 5.56 Å². The minimum Gasteiger partial charge on any atom is -0.309 e. The van der Waals surface area contributed by atoms with E-state index in [4.69, 9.17) is 4.99 Å². The number of rotatable bonds is 8. The molecule has 38 heavy (non-hydrogen) atoms. The molecule has 1 unspecified atom stereocenters. The Bertz CT molecular complexity index is 1500. The molecule has 0 radical (unpaired) electrons. The average molecular weight is 511 g/mol. The molecule has 4 rings (SSSR count). The molecule has 1 aliphatic rings. The van der Waals surface area contributed by atoms with Gasteiger partial charge in [-0.15, -0.1) is 0 Å². The summed E-state index contributed by atoms with van der Waals surface area (Å²) in [5.41, 5.74) is 5.77. The van der Waals surface area contributed by atoms with Crippen LogP contribution in [0.15, 0.2) is 76.0 Å². The number of aromatic nitrogens is 1. The second kappa shape index (κ2) is 12.3. The molecule has 1 aliphatic heterocycles. The Labute approximate surface area is 225 Å². The first-order chi connectivity index (χ1) is 18.3. The number of hydrogen-bond donors (Lipinski definition) is 0. The summed E-state index contributed by atoms with van der Waals surface area (Å²) in [5, 5.41) is 1.87. The second-order valence-corrected chi connectivity index (χ2v) is 10.6. The van der Waals surface area contributed by atoms with E-state index >= 15 is 0 Å². The highest BCUT2D eigenvalue weighted by Crippen LogP contribution is 2.21. The Kier molecular flexibility index (Phi) is 8.93. The molecule has 4 heteroatoms. The van der Waals surface area contributed by atoms with Crippen molar-refractivity contribution in [1.29, 1.82) is 0 Å². The maximum absolute atomic E-state index is 13.7. The molecule has 1 atom stereocenters. The highest BCUT2D eigenvalue weighted by molar-refractivity contribution is 6.09. The van der Waals surface area contributed by atoms with E-state index in [0.29, 0.717) is 31.3 Å². The van der Waals surface area contributed by atoms with Crippen LogP contribution in [0, 0.1) is 17.7 Å². The van der Waals surface area contributed by atoms with Crippen LogP contribution >= 0.6 is 0 Å². The standard InChI is InChI=1S/C34H39FN2O/c1-6-27(23(3)4)15-18-30-24(5)37(7-2)34(38)32-22-36-33(28-13-16-29(35)17-14-28)21-26(20-31(30)32)19-25-11-9-8-10-12-25/h8-14,16-18,21,23,27H,5-7,15,19-20,22H2,1-4H3. The Balaban J connectivity index is 1.92. The minimum absolute atomic E-state index is 0.0104. The van der Waals surface area contributed by atoms with Crippen LogP contribution < -0.4 is 16.1 Å². The van der Waals surface area contributed by atoms with Crippen LogP contribution in [0.3, 0.4) is 0 Å². The Morgan fingerprint density at radius 1 is 1.05 bits per heavy atom. The first-order valence-electron chi connectivity index (χ1n) is 13.8. The van der Waals surface area contributed by atoms with E-state index in [1.807, 2.05) is 25.1 Å². The fourth-order valence-electron chi connectivity index (χ4n) is 5.46. The third-order valence-corrected chi connectivity index (χ3v) is 7.80. The van der Waals surface area contributed by atoms with E-state index < -0.39 is 0 Å². The van der Waals surface area contributed by atoms with Crippen molar-refractivity contribution in [2.45, 2.75) is 66.5 Å². The molecule has 0 bridgehead atoms. The van der Waals surface area contributed by atoms with Gasteiger partial charge >= 0.3 is 0 Å². The van der Waals surface area contributed by atoms with Crippen molar-refractivity contribution in [2.24, 2.45) is 16.8 Å². The molecular weight excluding hydrogens is 471 g/mol. The van der Waals surface area contributed by atoms with E-state index in [0.717, 1.165) is 52.2 Å². The average Bonchev–Trinajstić information content (AvgIpc) is 2.89. The van der Waals surface area contributed by atoms with Crippen LogP contribution in [0.4, 0.5) is 4.39 Å². The number of nitrogens with zero attached hydrogens (tertiary/aromatic N) is 2. The number of allylic oxidation sites excluding steroid dienone is 2. The fourth-order valence-corrected chi connectivity index (χ4v) is 5.46. The number of halogens is 1. The number of hydrogen-bond acceptors (Lipinski definition) is 2. The molecule has 0 saturated heterocycles. The summed E-state index contributed by atoms with van der Waals surface area (Å²) in [6.07, 6.45) is 7.90. The van der Waals surface area contributed by atoms with Crippen molar-refractivity contribution >= 4 is 18.4 Å². The lowest BCUT2D eigenvalue weighted by atomic mass is 9.88. The molecule has 2 heterocycles. The predicted octanol–water partition coefficient (Wildman–Crippen LogP) is 5.98. The van der Waals surface area contributed by atoms with E-state index in [1.165, 1.54) is 23.3 Å². The first kappa shape index (κ1) is 27.5. The summed E-state index contributed by atoms with van der Waals surface area (Å²) >= 11 is 0. The molecule has 2 aromatic carbocycles. The zero-order valence-electron chi connectivity index (χ0n) is 23.1. The summed E-state index contributed by atoms with van der Waals surface area (Å²) in [6, 6.07) is 16.8. The highest BCUT2D eigenvalue weighted by atomic mass is 19.1. The van der Waals surface area contributed by atoms with Gasteiger partial charge in [-0.05, 0) is 90.3 Å². The summed E-state index contributed by atoms with van der Waals surface area (Å²) < 4.78 is 15.5. The first-order valence-corrected chi connectivity index (χ1v) is 13.8. The van der Waals surface area contributed by atoms with Gasteiger partial charge in [-0.1, -0.05) is 75.8 Å². The van der Waals surface area contributed by atoms with Crippen molar-refractivity contribution < 1.29 is 4.39 Å². The van der Waals surface area contributed by atoms with Gasteiger partial charge in [-0.3, -0.25) is 9.79 Å². The van der Waals surface area contributed by atoms with Crippen molar-refractivity contribution in [2.75, 3.05) is 0 Å². The molecule has 0 fully saturated rings. The van der Waals surface area contributed by atoms with Gasteiger partial charge < -0.3 is 4.57 Å². The number of pyridine rings is 1. The van der Waals surface area contributed by atoms with Crippen molar-refractivity contribution in [3.05, 3.63) is 115 Å². The molecule has 0 aliphatic carbocycles. The Morgan fingerprint density at radius 3 is 2.39 bits per heavy atom. The fraction of sp³-hybridized carbons (Fsp3) is 0.353. The maximum Gasteiger partial charge on any atom is 0.256 e. The third kappa shape index (κ3) is 6.12. The SMILES string of the molecule is C=c1c(=CCC(CC)C(C)C)c2c(c(=O)n1CC)CN=C(c1ccc(F)cc1)C=C(Cc1ccccc1)C2. The minimum atomic E-state index is -0.278. The lowest BCUT2D eigenvalue weighted by molar-refractivity contribution is 0.384. The molecule has 3 nitrogen and oxygen atoms in total. The summed E-state index contributed by atoms with van der Waals surface area (Å²) in [7, 11) is 0. The Morgan fingerprint density at radius 2 is 1.76 bits per heavy atom. The van der Waals surface area contributed by atoms with E-state index in [9.17, 15) is 9.18 Å². The van der Waals surface area contributed by atoms with Crippen LogP contribution in [0.2, 0.25) is 0 Å². The van der Waals surface area contributed by atoms with Gasteiger partial charge in [0.15, 0.2) is 0 Å². The predicted molar refractivity (Wildman–Crippen MR) is 157 cm³/mol. The lowest BCUT2D eigenvalue weighted by Gasteiger charge is -2.20.